The van der Waals surface area contributed by atoms with Crippen LogP contribution in [0.2, 0.25) is 10.0 Å². The first-order valence-corrected chi connectivity index (χ1v) is 10.1. The van der Waals surface area contributed by atoms with E-state index in [1.54, 1.807) is 18.2 Å². The minimum atomic E-state index is -0.222. The monoisotopic (exact) mass is 431 g/mol. The summed E-state index contributed by atoms with van der Waals surface area (Å²) in [4.78, 5) is 20.9. The smallest absolute Gasteiger partial charge is 0.256 e. The Balaban J connectivity index is 1.51. The van der Waals surface area contributed by atoms with Crippen molar-refractivity contribution in [1.82, 2.24) is 9.97 Å². The van der Waals surface area contributed by atoms with Crippen molar-refractivity contribution >= 4 is 56.6 Å². The fourth-order valence-corrected chi connectivity index (χ4v) is 3.98. The number of hydrogen-bond acceptors (Lipinski definition) is 2. The molecule has 4 nitrogen and oxygen atoms in total. The predicted octanol–water partition coefficient (Wildman–Crippen LogP) is 6.94. The number of hydrogen-bond donors (Lipinski definition) is 2. The molecule has 0 aliphatic rings. The highest BCUT2D eigenvalue weighted by molar-refractivity contribution is 6.36. The number of carbonyl (C=O) groups is 1. The van der Waals surface area contributed by atoms with Crippen LogP contribution >= 0.6 is 23.2 Å². The van der Waals surface area contributed by atoms with Crippen molar-refractivity contribution in [1.29, 1.82) is 0 Å². The van der Waals surface area contributed by atoms with E-state index >= 15 is 0 Å². The molecule has 0 fully saturated rings. The number of aromatic nitrogens is 2. The number of aromatic amines is 1. The van der Waals surface area contributed by atoms with Gasteiger partial charge >= 0.3 is 0 Å². The van der Waals surface area contributed by atoms with E-state index in [1.165, 1.54) is 0 Å². The van der Waals surface area contributed by atoms with Crippen LogP contribution in [0.1, 0.15) is 10.4 Å². The summed E-state index contributed by atoms with van der Waals surface area (Å²) in [7, 11) is 0. The van der Waals surface area contributed by atoms with Crippen LogP contribution in [0, 0.1) is 0 Å². The van der Waals surface area contributed by atoms with E-state index in [1.807, 2.05) is 60.7 Å². The third-order valence-corrected chi connectivity index (χ3v) is 5.64. The molecule has 5 rings (SSSR count). The molecule has 146 valence electrons. The molecule has 6 heteroatoms. The van der Waals surface area contributed by atoms with Gasteiger partial charge in [0, 0.05) is 27.2 Å². The number of H-pyrrole nitrogens is 1. The Kier molecular flexibility index (Phi) is 4.66. The summed E-state index contributed by atoms with van der Waals surface area (Å²) >= 11 is 12.7. The molecule has 0 bridgehead atoms. The maximum absolute atomic E-state index is 13.0. The van der Waals surface area contributed by atoms with Crippen molar-refractivity contribution in [2.24, 2.45) is 0 Å². The highest BCUT2D eigenvalue weighted by atomic mass is 35.5. The lowest BCUT2D eigenvalue weighted by atomic mass is 10.0. The van der Waals surface area contributed by atoms with Gasteiger partial charge < -0.3 is 10.3 Å². The van der Waals surface area contributed by atoms with Gasteiger partial charge in [0.15, 0.2) is 0 Å². The van der Waals surface area contributed by atoms with Gasteiger partial charge in [-0.3, -0.25) is 4.79 Å². The number of carbonyl (C=O) groups excluding carboxylic acids is 1. The van der Waals surface area contributed by atoms with Crippen LogP contribution in [0.4, 0.5) is 5.69 Å². The summed E-state index contributed by atoms with van der Waals surface area (Å²) in [6, 6.07) is 24.1. The number of anilines is 1. The number of para-hydroxylation sites is 2. The summed E-state index contributed by atoms with van der Waals surface area (Å²) in [5, 5.41) is 5.75. The molecule has 0 atom stereocenters. The number of halogens is 2. The lowest BCUT2D eigenvalue weighted by molar-refractivity contribution is 0.102. The molecular weight excluding hydrogens is 417 g/mol. The Morgan fingerprint density at radius 3 is 2.50 bits per heavy atom. The van der Waals surface area contributed by atoms with Gasteiger partial charge in [-0.25, -0.2) is 4.98 Å². The second kappa shape index (κ2) is 7.48. The van der Waals surface area contributed by atoms with Gasteiger partial charge in [0.2, 0.25) is 0 Å². The van der Waals surface area contributed by atoms with Gasteiger partial charge in [-0.15, -0.1) is 0 Å². The summed E-state index contributed by atoms with van der Waals surface area (Å²) in [5.74, 6) is 0.426. The standard InChI is InChI=1S/C24H15Cl2N3O/c25-19-8-4-5-15-16(19)6-3-7-17(15)24(30)27-14-11-12-20(26)18(13-14)23-28-21-9-1-2-10-22(21)29-23/h1-13H,(H,27,30)(H,28,29). The Hall–Kier alpha value is -3.34. The quantitative estimate of drug-likeness (QED) is 0.324. The summed E-state index contributed by atoms with van der Waals surface area (Å²) < 4.78 is 0. The van der Waals surface area contributed by atoms with E-state index in [2.05, 4.69) is 15.3 Å². The number of imidazole rings is 1. The van der Waals surface area contributed by atoms with Crippen LogP contribution in [-0.4, -0.2) is 15.9 Å². The Labute approximate surface area is 182 Å². The highest BCUT2D eigenvalue weighted by Crippen LogP contribution is 2.31. The van der Waals surface area contributed by atoms with Crippen LogP contribution < -0.4 is 5.32 Å². The molecule has 0 unspecified atom stereocenters. The van der Waals surface area contributed by atoms with E-state index < -0.39 is 0 Å². The molecule has 0 aliphatic heterocycles. The Morgan fingerprint density at radius 2 is 1.63 bits per heavy atom. The van der Waals surface area contributed by atoms with Crippen molar-refractivity contribution in [3.63, 3.8) is 0 Å². The minimum absolute atomic E-state index is 0.222. The van der Waals surface area contributed by atoms with Gasteiger partial charge in [-0.05, 0) is 47.9 Å². The fourth-order valence-electron chi connectivity index (χ4n) is 3.53. The zero-order valence-electron chi connectivity index (χ0n) is 15.6. The maximum Gasteiger partial charge on any atom is 0.256 e. The average molecular weight is 432 g/mol. The number of rotatable bonds is 3. The molecule has 5 aromatic rings. The number of fused-ring (bicyclic) bond motifs is 2. The van der Waals surface area contributed by atoms with E-state index in [0.29, 0.717) is 32.7 Å². The molecule has 1 aromatic heterocycles. The number of nitrogens with one attached hydrogen (secondary N) is 2. The van der Waals surface area contributed by atoms with Crippen LogP contribution in [0.5, 0.6) is 0 Å². The van der Waals surface area contributed by atoms with Gasteiger partial charge in [0.05, 0.1) is 16.1 Å². The SMILES string of the molecule is O=C(Nc1ccc(Cl)c(-c2nc3ccccc3[nH]2)c1)c1cccc2c(Cl)cccc12. The van der Waals surface area contributed by atoms with Gasteiger partial charge in [-0.2, -0.15) is 0 Å². The van der Waals surface area contributed by atoms with Crippen LogP contribution in [0.15, 0.2) is 78.9 Å². The van der Waals surface area contributed by atoms with Gasteiger partial charge in [0.1, 0.15) is 5.82 Å². The van der Waals surface area contributed by atoms with Crippen molar-refractivity contribution in [3.05, 3.63) is 94.5 Å². The van der Waals surface area contributed by atoms with Gasteiger partial charge in [0.25, 0.3) is 5.91 Å². The normalized spacial score (nSPS) is 11.1. The first kappa shape index (κ1) is 18.7. The van der Waals surface area contributed by atoms with Gasteiger partial charge in [-0.1, -0.05) is 59.6 Å². The van der Waals surface area contributed by atoms with Crippen molar-refractivity contribution in [3.8, 4) is 11.4 Å². The molecular formula is C24H15Cl2N3O. The van der Waals surface area contributed by atoms with E-state index in [0.717, 1.165) is 21.8 Å². The second-order valence-electron chi connectivity index (χ2n) is 6.89. The molecule has 0 aliphatic carbocycles. The van der Waals surface area contributed by atoms with Crippen LogP contribution in [0.3, 0.4) is 0 Å². The second-order valence-corrected chi connectivity index (χ2v) is 7.71. The molecule has 0 saturated heterocycles. The highest BCUT2D eigenvalue weighted by Gasteiger charge is 2.14. The number of nitrogens with zero attached hydrogens (tertiary/aromatic N) is 1. The average Bonchev–Trinajstić information content (AvgIpc) is 3.19. The Morgan fingerprint density at radius 1 is 0.833 bits per heavy atom. The molecule has 0 spiro atoms. The molecule has 30 heavy (non-hydrogen) atoms. The number of benzene rings is 4. The minimum Gasteiger partial charge on any atom is -0.338 e. The third kappa shape index (κ3) is 3.30. The zero-order valence-corrected chi connectivity index (χ0v) is 17.1. The molecule has 1 heterocycles. The maximum atomic E-state index is 13.0. The van der Waals surface area contributed by atoms with Crippen molar-refractivity contribution in [2.75, 3.05) is 5.32 Å². The number of amides is 1. The van der Waals surface area contributed by atoms with E-state index in [9.17, 15) is 4.79 Å². The largest absolute Gasteiger partial charge is 0.338 e. The summed E-state index contributed by atoms with van der Waals surface area (Å²) in [6.45, 7) is 0. The molecule has 0 radical (unpaired) electrons. The first-order valence-electron chi connectivity index (χ1n) is 9.33. The topological polar surface area (TPSA) is 57.8 Å². The molecule has 0 saturated carbocycles. The van der Waals surface area contributed by atoms with E-state index in [-0.39, 0.29) is 5.91 Å². The Bertz CT molecular complexity index is 1390. The van der Waals surface area contributed by atoms with E-state index in [4.69, 9.17) is 23.2 Å². The molecule has 2 N–H and O–H groups in total. The summed E-state index contributed by atoms with van der Waals surface area (Å²) in [6.07, 6.45) is 0. The van der Waals surface area contributed by atoms with Crippen LogP contribution in [-0.2, 0) is 0 Å². The fraction of sp³-hybridized carbons (Fsp3) is 0. The van der Waals surface area contributed by atoms with Crippen molar-refractivity contribution < 1.29 is 4.79 Å². The zero-order chi connectivity index (χ0) is 20.7. The lowest BCUT2D eigenvalue weighted by Crippen LogP contribution is -2.12. The van der Waals surface area contributed by atoms with Crippen LogP contribution in [0.25, 0.3) is 33.2 Å². The van der Waals surface area contributed by atoms with Crippen molar-refractivity contribution in [2.45, 2.75) is 0 Å². The molecule has 1 amide bonds. The molecule has 4 aromatic carbocycles. The predicted molar refractivity (Wildman–Crippen MR) is 123 cm³/mol. The first-order chi connectivity index (χ1) is 14.6. The third-order valence-electron chi connectivity index (χ3n) is 4.98. The lowest BCUT2D eigenvalue weighted by Gasteiger charge is -2.10. The summed E-state index contributed by atoms with van der Waals surface area (Å²) in [5.41, 5.74) is 3.66.